The molecule has 140 valence electrons. The molecule has 3 heterocycles. The van der Waals surface area contributed by atoms with Crippen molar-refractivity contribution in [1.29, 1.82) is 0 Å². The summed E-state index contributed by atoms with van der Waals surface area (Å²) >= 11 is 0. The van der Waals surface area contributed by atoms with E-state index in [1.165, 1.54) is 0 Å². The quantitative estimate of drug-likeness (QED) is 0.880. The number of carbonyl (C=O) groups excluding carboxylic acids is 2. The van der Waals surface area contributed by atoms with Gasteiger partial charge in [-0.05, 0) is 18.9 Å². The molecule has 6 nitrogen and oxygen atoms in total. The van der Waals surface area contributed by atoms with Gasteiger partial charge in [0.1, 0.15) is 17.5 Å². The van der Waals surface area contributed by atoms with Crippen LogP contribution in [0.25, 0.3) is 0 Å². The second-order valence-corrected chi connectivity index (χ2v) is 7.60. The van der Waals surface area contributed by atoms with E-state index >= 15 is 0 Å². The highest BCUT2D eigenvalue weighted by Crippen LogP contribution is 2.44. The number of nitrogens with zero attached hydrogens (tertiary/aromatic N) is 1. The molecule has 0 radical (unpaired) electrons. The van der Waals surface area contributed by atoms with Crippen LogP contribution in [0.2, 0.25) is 0 Å². The van der Waals surface area contributed by atoms with Gasteiger partial charge in [-0.25, -0.2) is 0 Å². The first-order valence-electron chi connectivity index (χ1n) is 9.52. The standard InChI is InChI=1S/C20H26N2O4/c1-14(23)22-10-8-20(9-11-22)13-16(15-5-2-3-6-17(15)26-20)21-19(24)18-7-4-12-25-18/h2-3,5-6,16,18H,4,7-13H2,1H3,(H,21,24)/t16-,18+/m0/s1. The van der Waals surface area contributed by atoms with Crippen molar-refractivity contribution in [2.45, 2.75) is 56.8 Å². The fraction of sp³-hybridized carbons (Fsp3) is 0.600. The van der Waals surface area contributed by atoms with Crippen LogP contribution in [0.4, 0.5) is 0 Å². The minimum atomic E-state index is -0.333. The molecule has 0 bridgehead atoms. The number of rotatable bonds is 2. The molecule has 0 unspecified atom stereocenters. The SMILES string of the molecule is CC(=O)N1CCC2(CC1)C[C@H](NC(=O)[C@H]1CCCO1)c1ccccc1O2. The fourth-order valence-corrected chi connectivity index (χ4v) is 4.33. The monoisotopic (exact) mass is 358 g/mol. The highest BCUT2D eigenvalue weighted by molar-refractivity contribution is 5.81. The third kappa shape index (κ3) is 3.30. The number of benzene rings is 1. The first-order valence-corrected chi connectivity index (χ1v) is 9.52. The van der Waals surface area contributed by atoms with Gasteiger partial charge in [-0.1, -0.05) is 18.2 Å². The van der Waals surface area contributed by atoms with Crippen molar-refractivity contribution in [1.82, 2.24) is 10.2 Å². The maximum atomic E-state index is 12.6. The molecule has 1 aromatic rings. The third-order valence-electron chi connectivity index (χ3n) is 5.86. The molecule has 3 aliphatic heterocycles. The van der Waals surface area contributed by atoms with Crippen molar-refractivity contribution in [3.05, 3.63) is 29.8 Å². The van der Waals surface area contributed by atoms with Crippen molar-refractivity contribution in [2.75, 3.05) is 19.7 Å². The Balaban J connectivity index is 1.53. The summed E-state index contributed by atoms with van der Waals surface area (Å²) in [6, 6.07) is 7.85. The van der Waals surface area contributed by atoms with Gasteiger partial charge in [-0.2, -0.15) is 0 Å². The van der Waals surface area contributed by atoms with Crippen LogP contribution in [0.3, 0.4) is 0 Å². The Morgan fingerprint density at radius 2 is 2.00 bits per heavy atom. The smallest absolute Gasteiger partial charge is 0.249 e. The van der Waals surface area contributed by atoms with Crippen LogP contribution in [0.15, 0.2) is 24.3 Å². The largest absolute Gasteiger partial charge is 0.487 e. The third-order valence-corrected chi connectivity index (χ3v) is 5.86. The van der Waals surface area contributed by atoms with Crippen molar-refractivity contribution in [2.24, 2.45) is 0 Å². The fourth-order valence-electron chi connectivity index (χ4n) is 4.33. The van der Waals surface area contributed by atoms with E-state index in [0.717, 1.165) is 43.4 Å². The number of para-hydroxylation sites is 1. The molecule has 0 saturated carbocycles. The van der Waals surface area contributed by atoms with E-state index in [1.807, 2.05) is 29.2 Å². The number of piperidine rings is 1. The summed E-state index contributed by atoms with van der Waals surface area (Å²) in [4.78, 5) is 26.1. The van der Waals surface area contributed by atoms with Crippen LogP contribution in [0, 0.1) is 0 Å². The van der Waals surface area contributed by atoms with E-state index in [-0.39, 0.29) is 29.6 Å². The highest BCUT2D eigenvalue weighted by Gasteiger charge is 2.44. The van der Waals surface area contributed by atoms with Crippen LogP contribution in [0.1, 0.15) is 50.6 Å². The Labute approximate surface area is 153 Å². The molecular weight excluding hydrogens is 332 g/mol. The summed E-state index contributed by atoms with van der Waals surface area (Å²) < 4.78 is 11.9. The highest BCUT2D eigenvalue weighted by atomic mass is 16.5. The zero-order valence-electron chi connectivity index (χ0n) is 15.2. The molecule has 4 rings (SSSR count). The van der Waals surface area contributed by atoms with Crippen LogP contribution >= 0.6 is 0 Å². The Morgan fingerprint density at radius 3 is 2.69 bits per heavy atom. The van der Waals surface area contributed by atoms with Crippen molar-refractivity contribution >= 4 is 11.8 Å². The van der Waals surface area contributed by atoms with Crippen LogP contribution in [-0.2, 0) is 14.3 Å². The summed E-state index contributed by atoms with van der Waals surface area (Å²) in [5, 5.41) is 3.20. The van der Waals surface area contributed by atoms with E-state index in [2.05, 4.69) is 5.32 Å². The van der Waals surface area contributed by atoms with E-state index in [0.29, 0.717) is 19.7 Å². The summed E-state index contributed by atoms with van der Waals surface area (Å²) in [7, 11) is 0. The number of likely N-dealkylation sites (tertiary alicyclic amines) is 1. The van der Waals surface area contributed by atoms with Gasteiger partial charge >= 0.3 is 0 Å². The molecule has 6 heteroatoms. The summed E-state index contributed by atoms with van der Waals surface area (Å²) in [6.45, 7) is 3.67. The van der Waals surface area contributed by atoms with Gasteiger partial charge in [-0.3, -0.25) is 9.59 Å². The van der Waals surface area contributed by atoms with Gasteiger partial charge in [0.2, 0.25) is 11.8 Å². The lowest BCUT2D eigenvalue weighted by Crippen LogP contribution is -2.53. The van der Waals surface area contributed by atoms with E-state index < -0.39 is 0 Å². The van der Waals surface area contributed by atoms with E-state index in [4.69, 9.17) is 9.47 Å². The minimum absolute atomic E-state index is 0.0273. The molecule has 2 atom stereocenters. The first-order chi connectivity index (χ1) is 12.6. The predicted octanol–water partition coefficient (Wildman–Crippen LogP) is 2.19. The Hall–Kier alpha value is -2.08. The Morgan fingerprint density at radius 1 is 1.23 bits per heavy atom. The summed E-state index contributed by atoms with van der Waals surface area (Å²) in [6.07, 6.45) is 3.69. The number of hydrogen-bond donors (Lipinski definition) is 1. The van der Waals surface area contributed by atoms with Crippen LogP contribution in [-0.4, -0.2) is 48.1 Å². The second-order valence-electron chi connectivity index (χ2n) is 7.60. The molecule has 0 aromatic heterocycles. The van der Waals surface area contributed by atoms with Gasteiger partial charge in [0.15, 0.2) is 0 Å². The lowest BCUT2D eigenvalue weighted by Gasteiger charge is -2.47. The molecule has 2 saturated heterocycles. The van der Waals surface area contributed by atoms with Gasteiger partial charge in [0.25, 0.3) is 0 Å². The molecule has 26 heavy (non-hydrogen) atoms. The number of nitrogens with one attached hydrogen (secondary N) is 1. The van der Waals surface area contributed by atoms with Gasteiger partial charge in [-0.15, -0.1) is 0 Å². The molecule has 0 aliphatic carbocycles. The zero-order chi connectivity index (χ0) is 18.1. The van der Waals surface area contributed by atoms with Crippen LogP contribution < -0.4 is 10.1 Å². The average molecular weight is 358 g/mol. The lowest BCUT2D eigenvalue weighted by atomic mass is 9.80. The number of hydrogen-bond acceptors (Lipinski definition) is 4. The minimum Gasteiger partial charge on any atom is -0.487 e. The zero-order valence-corrected chi connectivity index (χ0v) is 15.2. The van der Waals surface area contributed by atoms with Crippen molar-refractivity contribution in [3.63, 3.8) is 0 Å². The van der Waals surface area contributed by atoms with Crippen molar-refractivity contribution in [3.8, 4) is 5.75 Å². The molecular formula is C20H26N2O4. The predicted molar refractivity (Wildman–Crippen MR) is 95.8 cm³/mol. The molecule has 1 spiro atoms. The normalized spacial score (nSPS) is 26.9. The molecule has 2 fully saturated rings. The maximum Gasteiger partial charge on any atom is 0.249 e. The lowest BCUT2D eigenvalue weighted by molar-refractivity contribution is -0.133. The van der Waals surface area contributed by atoms with E-state index in [9.17, 15) is 9.59 Å². The molecule has 1 aromatic carbocycles. The number of amides is 2. The van der Waals surface area contributed by atoms with Gasteiger partial charge in [0.05, 0.1) is 6.04 Å². The summed E-state index contributed by atoms with van der Waals surface area (Å²) in [5.41, 5.74) is 0.702. The number of fused-ring (bicyclic) bond motifs is 1. The summed E-state index contributed by atoms with van der Waals surface area (Å²) in [5.74, 6) is 0.924. The van der Waals surface area contributed by atoms with E-state index in [1.54, 1.807) is 6.92 Å². The Kier molecular flexibility index (Phi) is 4.61. The van der Waals surface area contributed by atoms with Crippen molar-refractivity contribution < 1.29 is 19.1 Å². The first kappa shape index (κ1) is 17.3. The number of ether oxygens (including phenoxy) is 2. The van der Waals surface area contributed by atoms with Crippen LogP contribution in [0.5, 0.6) is 5.75 Å². The molecule has 3 aliphatic rings. The number of carbonyl (C=O) groups is 2. The Bertz CT molecular complexity index is 691. The topological polar surface area (TPSA) is 67.9 Å². The maximum absolute atomic E-state index is 12.6. The van der Waals surface area contributed by atoms with Gasteiger partial charge in [0, 0.05) is 51.4 Å². The molecule has 1 N–H and O–H groups in total. The average Bonchev–Trinajstić information content (AvgIpc) is 3.17. The molecule has 2 amide bonds. The second kappa shape index (κ2) is 6.91. The van der Waals surface area contributed by atoms with Gasteiger partial charge < -0.3 is 19.7 Å².